The lowest BCUT2D eigenvalue weighted by molar-refractivity contribution is -0.138. The van der Waals surface area contributed by atoms with Gasteiger partial charge in [-0.05, 0) is 19.8 Å². The van der Waals surface area contributed by atoms with Crippen LogP contribution in [-0.2, 0) is 9.59 Å². The maximum Gasteiger partial charge on any atom is 0.230 e. The number of aliphatic imine (C=N–C) groups is 1. The monoisotopic (exact) mass is 479 g/mol. The van der Waals surface area contributed by atoms with E-state index in [-0.39, 0.29) is 41.2 Å². The third-order valence-electron chi connectivity index (χ3n) is 5.31. The number of halogens is 1. The molecule has 1 N–H and O–H groups in total. The van der Waals surface area contributed by atoms with Crippen LogP contribution in [0.3, 0.4) is 0 Å². The molecule has 2 amide bonds. The summed E-state index contributed by atoms with van der Waals surface area (Å²) in [5.74, 6) is 1.19. The van der Waals surface area contributed by atoms with Gasteiger partial charge in [-0.3, -0.25) is 14.6 Å². The Morgan fingerprint density at radius 2 is 1.62 bits per heavy atom. The van der Waals surface area contributed by atoms with E-state index in [0.717, 1.165) is 64.4 Å². The second-order valence-electron chi connectivity index (χ2n) is 7.35. The molecule has 150 valence electrons. The van der Waals surface area contributed by atoms with Crippen LogP contribution < -0.4 is 5.32 Å². The Morgan fingerprint density at radius 1 is 1.08 bits per heavy atom. The molecule has 2 rings (SSSR count). The molecule has 1 aliphatic heterocycles. The minimum absolute atomic E-state index is 0. The van der Waals surface area contributed by atoms with Crippen LogP contribution in [0.5, 0.6) is 0 Å². The van der Waals surface area contributed by atoms with Crippen LogP contribution in [-0.4, -0.2) is 85.8 Å². The van der Waals surface area contributed by atoms with Crippen molar-refractivity contribution in [3.63, 3.8) is 0 Å². The molecule has 1 saturated heterocycles. The smallest absolute Gasteiger partial charge is 0.230 e. The lowest BCUT2D eigenvalue weighted by Crippen LogP contribution is -2.53. The van der Waals surface area contributed by atoms with Crippen LogP contribution in [0.4, 0.5) is 0 Å². The molecule has 7 nitrogen and oxygen atoms in total. The van der Waals surface area contributed by atoms with E-state index in [4.69, 9.17) is 4.99 Å². The second-order valence-corrected chi connectivity index (χ2v) is 7.35. The van der Waals surface area contributed by atoms with Crippen molar-refractivity contribution in [2.75, 3.05) is 53.4 Å². The number of carbonyl (C=O) groups is 2. The van der Waals surface area contributed by atoms with Crippen LogP contribution in [0.2, 0.25) is 0 Å². The molecule has 0 unspecified atom stereocenters. The molecule has 2 fully saturated rings. The summed E-state index contributed by atoms with van der Waals surface area (Å²) in [4.78, 5) is 34.8. The van der Waals surface area contributed by atoms with Crippen molar-refractivity contribution in [2.45, 2.75) is 39.5 Å². The van der Waals surface area contributed by atoms with Crippen LogP contribution in [0.1, 0.15) is 39.5 Å². The van der Waals surface area contributed by atoms with Gasteiger partial charge in [0.1, 0.15) is 0 Å². The van der Waals surface area contributed by atoms with Gasteiger partial charge in [-0.2, -0.15) is 0 Å². The Labute approximate surface area is 174 Å². The summed E-state index contributed by atoms with van der Waals surface area (Å²) in [6.45, 7) is 8.01. The molecule has 0 bridgehead atoms. The van der Waals surface area contributed by atoms with Crippen LogP contribution in [0, 0.1) is 5.41 Å². The van der Waals surface area contributed by atoms with Crippen molar-refractivity contribution < 1.29 is 9.59 Å². The molecule has 0 aromatic rings. The normalized spacial score (nSPS) is 19.8. The van der Waals surface area contributed by atoms with E-state index in [1.165, 1.54) is 0 Å². The molecule has 26 heavy (non-hydrogen) atoms. The van der Waals surface area contributed by atoms with Crippen molar-refractivity contribution in [1.82, 2.24) is 20.0 Å². The zero-order valence-corrected chi connectivity index (χ0v) is 18.9. The van der Waals surface area contributed by atoms with Gasteiger partial charge in [0.2, 0.25) is 11.8 Å². The number of amides is 2. The molecule has 1 heterocycles. The fourth-order valence-corrected chi connectivity index (χ4v) is 3.85. The van der Waals surface area contributed by atoms with Crippen molar-refractivity contribution in [3.8, 4) is 0 Å². The van der Waals surface area contributed by atoms with Gasteiger partial charge in [0.15, 0.2) is 5.96 Å². The van der Waals surface area contributed by atoms with Gasteiger partial charge >= 0.3 is 0 Å². The number of rotatable bonds is 4. The largest absolute Gasteiger partial charge is 0.357 e. The van der Waals surface area contributed by atoms with Gasteiger partial charge in [0.25, 0.3) is 0 Å². The van der Waals surface area contributed by atoms with E-state index in [9.17, 15) is 9.59 Å². The van der Waals surface area contributed by atoms with E-state index < -0.39 is 0 Å². The summed E-state index contributed by atoms with van der Waals surface area (Å²) in [7, 11) is 3.66. The lowest BCUT2D eigenvalue weighted by Gasteiger charge is -2.36. The minimum Gasteiger partial charge on any atom is -0.357 e. The van der Waals surface area contributed by atoms with Crippen molar-refractivity contribution in [3.05, 3.63) is 0 Å². The molecule has 0 spiro atoms. The quantitative estimate of drug-likeness (QED) is 0.376. The van der Waals surface area contributed by atoms with Crippen molar-refractivity contribution in [1.29, 1.82) is 0 Å². The lowest BCUT2D eigenvalue weighted by atomic mass is 9.85. The number of guanidine groups is 1. The molecule has 1 saturated carbocycles. The third kappa shape index (κ3) is 5.47. The highest BCUT2D eigenvalue weighted by atomic mass is 127. The molecule has 0 atom stereocenters. The molecule has 0 radical (unpaired) electrons. The molecule has 8 heteroatoms. The number of piperazine rings is 1. The Kier molecular flexibility index (Phi) is 9.12. The fraction of sp³-hybridized carbons (Fsp3) is 0.833. The molecule has 2 aliphatic rings. The molecule has 0 aromatic heterocycles. The predicted molar refractivity (Wildman–Crippen MR) is 115 cm³/mol. The number of carbonyl (C=O) groups excluding carboxylic acids is 2. The summed E-state index contributed by atoms with van der Waals surface area (Å²) in [5, 5.41) is 3.35. The van der Waals surface area contributed by atoms with Crippen molar-refractivity contribution >= 4 is 41.8 Å². The average Bonchev–Trinajstić information content (AvgIpc) is 3.08. The first-order valence-corrected chi connectivity index (χ1v) is 9.40. The zero-order valence-electron chi connectivity index (χ0n) is 16.6. The SMILES string of the molecule is CCNC(=NCC1(C(=O)N(C)C)CCCC1)N1CCN(C(C)=O)CC1.I. The Bertz CT molecular complexity index is 510. The Hall–Kier alpha value is -1.06. The Balaban J connectivity index is 0.00000338. The highest BCUT2D eigenvalue weighted by Crippen LogP contribution is 2.39. The van der Waals surface area contributed by atoms with Gasteiger partial charge in [0.05, 0.1) is 12.0 Å². The van der Waals surface area contributed by atoms with Gasteiger partial charge in [0, 0.05) is 53.7 Å². The van der Waals surface area contributed by atoms with Crippen LogP contribution in [0.15, 0.2) is 4.99 Å². The van der Waals surface area contributed by atoms with Gasteiger partial charge < -0.3 is 20.0 Å². The maximum atomic E-state index is 12.7. The summed E-state index contributed by atoms with van der Waals surface area (Å²) < 4.78 is 0. The molecule has 1 aliphatic carbocycles. The number of nitrogens with zero attached hydrogens (tertiary/aromatic N) is 4. The highest BCUT2D eigenvalue weighted by molar-refractivity contribution is 14.0. The first kappa shape index (κ1) is 23.0. The molecular weight excluding hydrogens is 445 g/mol. The highest BCUT2D eigenvalue weighted by Gasteiger charge is 2.42. The van der Waals surface area contributed by atoms with Crippen molar-refractivity contribution in [2.24, 2.45) is 10.4 Å². The van der Waals surface area contributed by atoms with E-state index in [2.05, 4.69) is 17.1 Å². The first-order chi connectivity index (χ1) is 11.9. The topological polar surface area (TPSA) is 68.2 Å². The first-order valence-electron chi connectivity index (χ1n) is 9.40. The maximum absolute atomic E-state index is 12.7. The van der Waals surface area contributed by atoms with E-state index in [1.807, 2.05) is 19.0 Å². The summed E-state index contributed by atoms with van der Waals surface area (Å²) in [6.07, 6.45) is 4.04. The van der Waals surface area contributed by atoms with Crippen LogP contribution in [0.25, 0.3) is 0 Å². The Morgan fingerprint density at radius 3 is 2.08 bits per heavy atom. The van der Waals surface area contributed by atoms with Crippen LogP contribution >= 0.6 is 24.0 Å². The van der Waals surface area contributed by atoms with E-state index >= 15 is 0 Å². The standard InChI is InChI=1S/C18H33N5O2.HI/c1-5-19-17(23-12-10-22(11-13-23)15(2)24)20-14-18(8-6-7-9-18)16(25)21(3)4;/h5-14H2,1-4H3,(H,19,20);1H. The zero-order chi connectivity index (χ0) is 18.4. The minimum atomic E-state index is -0.342. The second kappa shape index (κ2) is 10.3. The van der Waals surface area contributed by atoms with Gasteiger partial charge in [-0.25, -0.2) is 0 Å². The van der Waals surface area contributed by atoms with E-state index in [1.54, 1.807) is 11.8 Å². The summed E-state index contributed by atoms with van der Waals surface area (Å²) >= 11 is 0. The third-order valence-corrected chi connectivity index (χ3v) is 5.31. The summed E-state index contributed by atoms with van der Waals surface area (Å²) in [6, 6.07) is 0. The van der Waals surface area contributed by atoms with E-state index in [0.29, 0.717) is 6.54 Å². The fourth-order valence-electron chi connectivity index (χ4n) is 3.85. The molecular formula is C18H34IN5O2. The number of nitrogens with one attached hydrogen (secondary N) is 1. The van der Waals surface area contributed by atoms with Gasteiger partial charge in [-0.1, -0.05) is 12.8 Å². The predicted octanol–water partition coefficient (Wildman–Crippen LogP) is 1.38. The average molecular weight is 479 g/mol. The number of hydrogen-bond donors (Lipinski definition) is 1. The molecule has 0 aromatic carbocycles. The number of hydrogen-bond acceptors (Lipinski definition) is 3. The summed E-state index contributed by atoms with van der Waals surface area (Å²) in [5.41, 5.74) is -0.342. The van der Waals surface area contributed by atoms with Gasteiger partial charge in [-0.15, -0.1) is 24.0 Å².